The largest absolute Gasteiger partial charge is 0.392 e. The van der Waals surface area contributed by atoms with Gasteiger partial charge in [-0.15, -0.1) is 0 Å². The van der Waals surface area contributed by atoms with E-state index in [1.807, 2.05) is 0 Å². The van der Waals surface area contributed by atoms with Crippen LogP contribution in [0.25, 0.3) is 0 Å². The molecule has 0 amide bonds. The van der Waals surface area contributed by atoms with Gasteiger partial charge in [-0.1, -0.05) is 30.3 Å². The maximum atomic E-state index is 10.0. The maximum Gasteiger partial charge on any atom is 0.0620 e. The van der Waals surface area contributed by atoms with Crippen LogP contribution in [0.4, 0.5) is 0 Å². The van der Waals surface area contributed by atoms with E-state index in [1.54, 1.807) is 0 Å². The van der Waals surface area contributed by atoms with E-state index in [4.69, 9.17) is 0 Å². The van der Waals surface area contributed by atoms with Gasteiger partial charge in [0.15, 0.2) is 0 Å². The summed E-state index contributed by atoms with van der Waals surface area (Å²) in [7, 11) is 0. The van der Waals surface area contributed by atoms with Crippen LogP contribution < -0.4 is 0 Å². The third-order valence-electron chi connectivity index (χ3n) is 4.64. The van der Waals surface area contributed by atoms with Crippen LogP contribution in [0.3, 0.4) is 0 Å². The Hall–Kier alpha value is -0.860. The van der Waals surface area contributed by atoms with Crippen LogP contribution >= 0.6 is 0 Å². The first kappa shape index (κ1) is 12.2. The van der Waals surface area contributed by atoms with Crippen molar-refractivity contribution in [1.29, 1.82) is 0 Å². The summed E-state index contributed by atoms with van der Waals surface area (Å²) in [6.07, 6.45) is 4.88. The molecule has 0 radical (unpaired) electrons. The van der Waals surface area contributed by atoms with Crippen molar-refractivity contribution in [3.8, 4) is 0 Å². The van der Waals surface area contributed by atoms with E-state index in [0.29, 0.717) is 11.8 Å². The molecule has 2 aliphatic rings. The second-order valence-electron chi connectivity index (χ2n) is 5.94. The first-order valence-electron chi connectivity index (χ1n) is 7.27. The molecule has 2 nitrogen and oxygen atoms in total. The summed E-state index contributed by atoms with van der Waals surface area (Å²) in [6, 6.07) is 10.7. The van der Waals surface area contributed by atoms with Gasteiger partial charge in [0, 0.05) is 13.1 Å². The lowest BCUT2D eigenvalue weighted by molar-refractivity contribution is 0.0166. The number of likely N-dealkylation sites (tertiary alicyclic amines) is 1. The summed E-state index contributed by atoms with van der Waals surface area (Å²) in [5.74, 6) is 1.11. The highest BCUT2D eigenvalue weighted by atomic mass is 16.3. The summed E-state index contributed by atoms with van der Waals surface area (Å²) < 4.78 is 0. The van der Waals surface area contributed by atoms with Gasteiger partial charge in [-0.3, -0.25) is 0 Å². The van der Waals surface area contributed by atoms with Gasteiger partial charge in [-0.2, -0.15) is 0 Å². The average molecular weight is 245 g/mol. The minimum absolute atomic E-state index is 0.00428. The van der Waals surface area contributed by atoms with Gasteiger partial charge < -0.3 is 10.0 Å². The molecule has 2 heteroatoms. The van der Waals surface area contributed by atoms with Crippen molar-refractivity contribution >= 4 is 0 Å². The Morgan fingerprint density at radius 1 is 1.06 bits per heavy atom. The molecule has 0 aromatic heterocycles. The zero-order valence-electron chi connectivity index (χ0n) is 11.0. The fourth-order valence-corrected chi connectivity index (χ4v) is 3.63. The molecule has 18 heavy (non-hydrogen) atoms. The van der Waals surface area contributed by atoms with Crippen molar-refractivity contribution in [2.24, 2.45) is 11.8 Å². The monoisotopic (exact) mass is 245 g/mol. The zero-order chi connectivity index (χ0) is 12.4. The topological polar surface area (TPSA) is 23.5 Å². The minimum Gasteiger partial charge on any atom is -0.392 e. The third kappa shape index (κ3) is 2.60. The van der Waals surface area contributed by atoms with Gasteiger partial charge in [-0.05, 0) is 49.6 Å². The molecule has 3 rings (SSSR count). The Bertz CT molecular complexity index is 364. The summed E-state index contributed by atoms with van der Waals surface area (Å²) in [5.41, 5.74) is 1.44. The van der Waals surface area contributed by atoms with Crippen LogP contribution in [0, 0.1) is 11.8 Å². The molecule has 2 fully saturated rings. The van der Waals surface area contributed by atoms with Crippen molar-refractivity contribution in [2.45, 2.75) is 31.8 Å². The number of aryl methyl sites for hydroxylation is 1. The minimum atomic E-state index is -0.00428. The Morgan fingerprint density at radius 3 is 2.39 bits per heavy atom. The van der Waals surface area contributed by atoms with Crippen LogP contribution in [-0.4, -0.2) is 35.7 Å². The number of hydrogen-bond acceptors (Lipinski definition) is 2. The van der Waals surface area contributed by atoms with Gasteiger partial charge in [0.2, 0.25) is 0 Å². The molecule has 1 aromatic rings. The van der Waals surface area contributed by atoms with E-state index in [1.165, 1.54) is 37.8 Å². The number of nitrogens with zero attached hydrogens (tertiary/aromatic N) is 1. The number of hydrogen-bond donors (Lipinski definition) is 1. The Morgan fingerprint density at radius 2 is 1.72 bits per heavy atom. The van der Waals surface area contributed by atoms with E-state index in [2.05, 4.69) is 35.2 Å². The second-order valence-corrected chi connectivity index (χ2v) is 5.94. The number of aliphatic hydroxyl groups excluding tert-OH is 1. The second kappa shape index (κ2) is 5.41. The van der Waals surface area contributed by atoms with Gasteiger partial charge in [-0.25, -0.2) is 0 Å². The number of rotatable bonds is 4. The molecule has 1 saturated carbocycles. The van der Waals surface area contributed by atoms with Crippen LogP contribution in [0.2, 0.25) is 0 Å². The van der Waals surface area contributed by atoms with Gasteiger partial charge >= 0.3 is 0 Å². The SMILES string of the molecule is OC1[C@@H]2CC[C@H]1CN(CCCc1ccccc1)C2. The quantitative estimate of drug-likeness (QED) is 0.880. The van der Waals surface area contributed by atoms with Crippen molar-refractivity contribution in [3.05, 3.63) is 35.9 Å². The summed E-state index contributed by atoms with van der Waals surface area (Å²) in [4.78, 5) is 2.57. The number of aliphatic hydroxyl groups is 1. The van der Waals surface area contributed by atoms with E-state index in [9.17, 15) is 5.11 Å². The molecule has 2 bridgehead atoms. The molecular formula is C16H23NO. The predicted octanol–water partition coefficient (Wildman–Crippen LogP) is 2.32. The van der Waals surface area contributed by atoms with Crippen molar-refractivity contribution in [1.82, 2.24) is 4.90 Å². The first-order valence-corrected chi connectivity index (χ1v) is 7.27. The van der Waals surface area contributed by atoms with Crippen LogP contribution in [0.15, 0.2) is 30.3 Å². The highest BCUT2D eigenvalue weighted by Gasteiger charge is 2.40. The molecule has 1 saturated heterocycles. The van der Waals surface area contributed by atoms with Crippen molar-refractivity contribution in [3.63, 3.8) is 0 Å². The lowest BCUT2D eigenvalue weighted by Gasteiger charge is -2.35. The Kier molecular flexibility index (Phi) is 3.67. The average Bonchev–Trinajstić information content (AvgIpc) is 2.64. The number of fused-ring (bicyclic) bond motifs is 2. The third-order valence-corrected chi connectivity index (χ3v) is 4.64. The van der Waals surface area contributed by atoms with E-state index in [-0.39, 0.29) is 6.10 Å². The van der Waals surface area contributed by atoms with Gasteiger partial charge in [0.25, 0.3) is 0 Å². The highest BCUT2D eigenvalue weighted by Crippen LogP contribution is 2.36. The molecule has 1 aromatic carbocycles. The highest BCUT2D eigenvalue weighted by molar-refractivity contribution is 5.14. The van der Waals surface area contributed by atoms with E-state index >= 15 is 0 Å². The lowest BCUT2D eigenvalue weighted by atomic mass is 9.95. The predicted molar refractivity (Wildman–Crippen MR) is 73.4 cm³/mol. The van der Waals surface area contributed by atoms with Crippen molar-refractivity contribution < 1.29 is 5.11 Å². The lowest BCUT2D eigenvalue weighted by Crippen LogP contribution is -2.44. The standard InChI is InChI=1S/C16H23NO/c18-16-14-8-9-15(16)12-17(11-14)10-4-7-13-5-2-1-3-6-13/h1-3,5-6,14-16,18H,4,7-12H2/t14-,15+,16?. The molecule has 1 N–H and O–H groups in total. The summed E-state index contributed by atoms with van der Waals surface area (Å²) >= 11 is 0. The molecule has 1 aliphatic heterocycles. The molecule has 98 valence electrons. The number of piperidine rings is 1. The molecule has 0 spiro atoms. The fraction of sp³-hybridized carbons (Fsp3) is 0.625. The smallest absolute Gasteiger partial charge is 0.0620 e. The van der Waals surface area contributed by atoms with Crippen LogP contribution in [0.5, 0.6) is 0 Å². The molecule has 1 heterocycles. The van der Waals surface area contributed by atoms with Crippen molar-refractivity contribution in [2.75, 3.05) is 19.6 Å². The first-order chi connectivity index (χ1) is 8.83. The van der Waals surface area contributed by atoms with Gasteiger partial charge in [0.1, 0.15) is 0 Å². The van der Waals surface area contributed by atoms with E-state index < -0.39 is 0 Å². The Balaban J connectivity index is 1.45. The molecule has 3 atom stereocenters. The maximum absolute atomic E-state index is 10.0. The normalized spacial score (nSPS) is 31.7. The van der Waals surface area contributed by atoms with Crippen LogP contribution in [-0.2, 0) is 6.42 Å². The fourth-order valence-electron chi connectivity index (χ4n) is 3.63. The zero-order valence-corrected chi connectivity index (χ0v) is 11.0. The Labute approximate surface area is 110 Å². The summed E-state index contributed by atoms with van der Waals surface area (Å²) in [6.45, 7) is 3.42. The summed E-state index contributed by atoms with van der Waals surface area (Å²) in [5, 5.41) is 10.0. The van der Waals surface area contributed by atoms with Gasteiger partial charge in [0.05, 0.1) is 6.10 Å². The molecule has 1 aliphatic carbocycles. The molecular weight excluding hydrogens is 222 g/mol. The van der Waals surface area contributed by atoms with Crippen LogP contribution in [0.1, 0.15) is 24.8 Å². The van der Waals surface area contributed by atoms with E-state index in [0.717, 1.165) is 13.1 Å². The molecule has 1 unspecified atom stereocenters. The number of benzene rings is 1.